The van der Waals surface area contributed by atoms with Gasteiger partial charge in [0.25, 0.3) is 5.69 Å². The Morgan fingerprint density at radius 3 is 2.81 bits per heavy atom. The predicted molar refractivity (Wildman–Crippen MR) is 80.5 cm³/mol. The van der Waals surface area contributed by atoms with Crippen LogP contribution in [0.2, 0.25) is 5.02 Å². The number of benzene rings is 1. The minimum atomic E-state index is -0.565. The summed E-state index contributed by atoms with van der Waals surface area (Å²) in [5, 5.41) is 22.2. The highest BCUT2D eigenvalue weighted by molar-refractivity contribution is 6.34. The summed E-state index contributed by atoms with van der Waals surface area (Å²) in [7, 11) is 0. The number of nitrogens with one attached hydrogen (secondary N) is 1. The summed E-state index contributed by atoms with van der Waals surface area (Å²) < 4.78 is 0. The molecule has 0 aliphatic carbocycles. The maximum Gasteiger partial charge on any atom is 0.271 e. The molecule has 0 bridgehead atoms. The van der Waals surface area contributed by atoms with Crippen molar-refractivity contribution in [2.75, 3.05) is 31.6 Å². The van der Waals surface area contributed by atoms with Gasteiger partial charge in [0.2, 0.25) is 5.91 Å². The van der Waals surface area contributed by atoms with Crippen LogP contribution in [0.1, 0.15) is 0 Å². The van der Waals surface area contributed by atoms with Crippen molar-refractivity contribution in [1.29, 1.82) is 0 Å². The van der Waals surface area contributed by atoms with Gasteiger partial charge in [-0.15, -0.1) is 6.58 Å². The van der Waals surface area contributed by atoms with Gasteiger partial charge >= 0.3 is 0 Å². The molecule has 0 aliphatic heterocycles. The van der Waals surface area contributed by atoms with Crippen molar-refractivity contribution in [3.8, 4) is 0 Å². The minimum absolute atomic E-state index is 0.0555. The molecule has 7 nitrogen and oxygen atoms in total. The molecule has 0 saturated heterocycles. The Morgan fingerprint density at radius 2 is 2.29 bits per heavy atom. The first kappa shape index (κ1) is 17.1. The summed E-state index contributed by atoms with van der Waals surface area (Å²) >= 11 is 5.89. The van der Waals surface area contributed by atoms with Crippen molar-refractivity contribution >= 4 is 28.9 Å². The van der Waals surface area contributed by atoms with Crippen LogP contribution in [0.5, 0.6) is 0 Å². The van der Waals surface area contributed by atoms with E-state index in [1.165, 1.54) is 18.2 Å². The summed E-state index contributed by atoms with van der Waals surface area (Å²) in [5.41, 5.74) is 0.154. The van der Waals surface area contributed by atoms with Crippen molar-refractivity contribution < 1.29 is 14.8 Å². The van der Waals surface area contributed by atoms with Crippen LogP contribution in [0.15, 0.2) is 30.9 Å². The Balaban J connectivity index is 2.69. The second-order valence-electron chi connectivity index (χ2n) is 4.22. The van der Waals surface area contributed by atoms with Crippen molar-refractivity contribution in [1.82, 2.24) is 4.90 Å². The van der Waals surface area contributed by atoms with Gasteiger partial charge in [-0.2, -0.15) is 0 Å². The van der Waals surface area contributed by atoms with Gasteiger partial charge in [0.1, 0.15) is 0 Å². The van der Waals surface area contributed by atoms with Crippen LogP contribution >= 0.6 is 11.6 Å². The molecule has 1 rings (SSSR count). The zero-order valence-electron chi connectivity index (χ0n) is 11.3. The Labute approximate surface area is 127 Å². The lowest BCUT2D eigenvalue weighted by molar-refractivity contribution is -0.384. The zero-order valence-corrected chi connectivity index (χ0v) is 12.0. The van der Waals surface area contributed by atoms with E-state index in [-0.39, 0.29) is 29.8 Å². The lowest BCUT2D eigenvalue weighted by Gasteiger charge is -2.18. The fraction of sp³-hybridized carbons (Fsp3) is 0.308. The Kier molecular flexibility index (Phi) is 6.80. The molecule has 0 unspecified atom stereocenters. The van der Waals surface area contributed by atoms with Gasteiger partial charge in [0.15, 0.2) is 0 Å². The van der Waals surface area contributed by atoms with Crippen LogP contribution in [0, 0.1) is 10.1 Å². The minimum Gasteiger partial charge on any atom is -0.395 e. The predicted octanol–water partition coefficient (Wildman–Crippen LogP) is 1.67. The molecule has 1 aromatic carbocycles. The molecule has 0 atom stereocenters. The summed E-state index contributed by atoms with van der Waals surface area (Å²) in [6, 6.07) is 3.81. The van der Waals surface area contributed by atoms with Crippen LogP contribution < -0.4 is 5.32 Å². The fourth-order valence-electron chi connectivity index (χ4n) is 1.67. The third kappa shape index (κ3) is 5.50. The topological polar surface area (TPSA) is 95.7 Å². The maximum absolute atomic E-state index is 11.9. The largest absolute Gasteiger partial charge is 0.395 e. The molecule has 8 heteroatoms. The number of hydrogen-bond acceptors (Lipinski definition) is 5. The number of nitro groups is 1. The van der Waals surface area contributed by atoms with Gasteiger partial charge < -0.3 is 10.4 Å². The molecule has 2 N–H and O–H groups in total. The Hall–Kier alpha value is -1.96. The van der Waals surface area contributed by atoms with Gasteiger partial charge in [-0.1, -0.05) is 17.7 Å². The van der Waals surface area contributed by atoms with Gasteiger partial charge in [-0.25, -0.2) is 0 Å². The molecule has 1 amide bonds. The highest BCUT2D eigenvalue weighted by Gasteiger charge is 2.13. The van der Waals surface area contributed by atoms with Crippen molar-refractivity contribution in [3.05, 3.63) is 46.0 Å². The number of nitro benzene ring substituents is 1. The number of carbonyl (C=O) groups excluding carboxylic acids is 1. The third-order valence-electron chi connectivity index (χ3n) is 2.61. The van der Waals surface area contributed by atoms with Gasteiger partial charge in [0, 0.05) is 25.2 Å². The average Bonchev–Trinajstić information content (AvgIpc) is 2.41. The number of rotatable bonds is 8. The number of aliphatic hydroxyl groups is 1. The SMILES string of the molecule is C=CCN(CCO)CC(=O)Nc1ccc([N+](=O)[O-])cc1Cl. The van der Waals surface area contributed by atoms with E-state index in [9.17, 15) is 14.9 Å². The number of hydrogen-bond donors (Lipinski definition) is 2. The van der Waals surface area contributed by atoms with E-state index < -0.39 is 4.92 Å². The lowest BCUT2D eigenvalue weighted by atomic mass is 10.2. The summed E-state index contributed by atoms with van der Waals surface area (Å²) in [5.74, 6) is -0.332. The first-order valence-electron chi connectivity index (χ1n) is 6.15. The molecular weight excluding hydrogens is 298 g/mol. The monoisotopic (exact) mass is 313 g/mol. The van der Waals surface area contributed by atoms with Gasteiger partial charge in [0.05, 0.1) is 28.8 Å². The van der Waals surface area contributed by atoms with E-state index in [2.05, 4.69) is 11.9 Å². The zero-order chi connectivity index (χ0) is 15.8. The number of amides is 1. The van der Waals surface area contributed by atoms with E-state index in [0.29, 0.717) is 18.8 Å². The third-order valence-corrected chi connectivity index (χ3v) is 2.92. The fourth-order valence-corrected chi connectivity index (χ4v) is 1.89. The number of nitrogens with zero attached hydrogens (tertiary/aromatic N) is 2. The number of halogens is 1. The van der Waals surface area contributed by atoms with Crippen LogP contribution in [-0.2, 0) is 4.79 Å². The van der Waals surface area contributed by atoms with Crippen molar-refractivity contribution in [2.24, 2.45) is 0 Å². The van der Waals surface area contributed by atoms with E-state index in [4.69, 9.17) is 16.7 Å². The first-order chi connectivity index (χ1) is 9.97. The molecular formula is C13H16ClN3O4. The van der Waals surface area contributed by atoms with Crippen molar-refractivity contribution in [2.45, 2.75) is 0 Å². The molecule has 0 aliphatic rings. The second kappa shape index (κ2) is 8.35. The molecule has 0 saturated carbocycles. The van der Waals surface area contributed by atoms with Crippen LogP contribution in [-0.4, -0.2) is 47.1 Å². The van der Waals surface area contributed by atoms with Gasteiger partial charge in [-0.3, -0.25) is 19.8 Å². The van der Waals surface area contributed by atoms with Crippen LogP contribution in [0.25, 0.3) is 0 Å². The molecule has 0 heterocycles. The molecule has 1 aromatic rings. The molecule has 0 fully saturated rings. The van der Waals surface area contributed by atoms with E-state index >= 15 is 0 Å². The van der Waals surface area contributed by atoms with Crippen LogP contribution in [0.4, 0.5) is 11.4 Å². The van der Waals surface area contributed by atoms with E-state index in [0.717, 1.165) is 0 Å². The van der Waals surface area contributed by atoms with Crippen LogP contribution in [0.3, 0.4) is 0 Å². The van der Waals surface area contributed by atoms with Crippen molar-refractivity contribution in [3.63, 3.8) is 0 Å². The quantitative estimate of drug-likeness (QED) is 0.432. The molecule has 0 aromatic heterocycles. The number of carbonyl (C=O) groups is 1. The summed E-state index contributed by atoms with van der Waals surface area (Å²) in [6.45, 7) is 4.36. The lowest BCUT2D eigenvalue weighted by Crippen LogP contribution is -2.35. The smallest absolute Gasteiger partial charge is 0.271 e. The summed E-state index contributed by atoms with van der Waals surface area (Å²) in [4.78, 5) is 23.6. The average molecular weight is 314 g/mol. The van der Waals surface area contributed by atoms with E-state index in [1.807, 2.05) is 0 Å². The maximum atomic E-state index is 11.9. The molecule has 21 heavy (non-hydrogen) atoms. The Bertz CT molecular complexity index is 536. The highest BCUT2D eigenvalue weighted by Crippen LogP contribution is 2.26. The van der Waals surface area contributed by atoms with Gasteiger partial charge in [-0.05, 0) is 6.07 Å². The number of anilines is 1. The standard InChI is InChI=1S/C13H16ClN3O4/c1-2-5-16(6-7-18)9-13(19)15-12-4-3-10(17(20)21)8-11(12)14/h2-4,8,18H,1,5-7,9H2,(H,15,19). The number of non-ortho nitro benzene ring substituents is 1. The highest BCUT2D eigenvalue weighted by atomic mass is 35.5. The molecule has 114 valence electrons. The summed E-state index contributed by atoms with van der Waals surface area (Å²) in [6.07, 6.45) is 1.63. The second-order valence-corrected chi connectivity index (χ2v) is 4.62. The normalized spacial score (nSPS) is 10.4. The Morgan fingerprint density at radius 1 is 1.57 bits per heavy atom. The molecule has 0 spiro atoms. The van der Waals surface area contributed by atoms with E-state index in [1.54, 1.807) is 11.0 Å². The first-order valence-corrected chi connectivity index (χ1v) is 6.53. The number of aliphatic hydroxyl groups excluding tert-OH is 1. The molecule has 0 radical (unpaired) electrons.